The fourth-order valence-electron chi connectivity index (χ4n) is 3.31. The summed E-state index contributed by atoms with van der Waals surface area (Å²) >= 11 is 1.47. The van der Waals surface area contributed by atoms with Crippen LogP contribution in [0.2, 0.25) is 0 Å². The van der Waals surface area contributed by atoms with Crippen molar-refractivity contribution in [2.45, 2.75) is 45.6 Å². The predicted molar refractivity (Wildman–Crippen MR) is 94.4 cm³/mol. The minimum Gasteiger partial charge on any atom is -0.341 e. The molecule has 2 fully saturated rings. The molecule has 1 aromatic rings. The molecule has 2 aliphatic rings. The first-order valence-corrected chi connectivity index (χ1v) is 9.58. The Hall–Kier alpha value is -1.47. The summed E-state index contributed by atoms with van der Waals surface area (Å²) in [5.74, 6) is 0.343. The van der Waals surface area contributed by atoms with Crippen LogP contribution in [0.4, 0.5) is 0 Å². The van der Waals surface area contributed by atoms with E-state index in [0.29, 0.717) is 23.9 Å². The molecule has 1 aromatic heterocycles. The van der Waals surface area contributed by atoms with Gasteiger partial charge in [-0.1, -0.05) is 13.8 Å². The monoisotopic (exact) mass is 350 g/mol. The quantitative estimate of drug-likeness (QED) is 0.899. The highest BCUT2D eigenvalue weighted by molar-refractivity contribution is 7.13. The van der Waals surface area contributed by atoms with Crippen molar-refractivity contribution in [1.29, 1.82) is 0 Å². The number of hydrogen-bond donors (Lipinski definition) is 1. The molecule has 1 N–H and O–H groups in total. The fraction of sp³-hybridized carbons (Fsp3) is 0.706. The van der Waals surface area contributed by atoms with E-state index >= 15 is 0 Å². The first kappa shape index (κ1) is 17.4. The van der Waals surface area contributed by atoms with Gasteiger partial charge in [-0.05, 0) is 19.8 Å². The van der Waals surface area contributed by atoms with Crippen molar-refractivity contribution in [2.75, 3.05) is 32.7 Å². The molecule has 6 nitrogen and oxygen atoms in total. The van der Waals surface area contributed by atoms with Gasteiger partial charge in [-0.15, -0.1) is 11.3 Å². The number of amides is 2. The van der Waals surface area contributed by atoms with Crippen molar-refractivity contribution in [3.63, 3.8) is 0 Å². The number of carbonyl (C=O) groups excluding carboxylic acids is 2. The van der Waals surface area contributed by atoms with E-state index in [-0.39, 0.29) is 11.8 Å². The summed E-state index contributed by atoms with van der Waals surface area (Å²) < 4.78 is 0. The normalized spacial score (nSPS) is 21.6. The van der Waals surface area contributed by atoms with Gasteiger partial charge in [-0.2, -0.15) is 0 Å². The van der Waals surface area contributed by atoms with Crippen LogP contribution in [0.3, 0.4) is 0 Å². The zero-order chi connectivity index (χ0) is 17.3. The van der Waals surface area contributed by atoms with Crippen molar-refractivity contribution < 1.29 is 9.59 Å². The third-order valence-corrected chi connectivity index (χ3v) is 6.15. The topological polar surface area (TPSA) is 65.5 Å². The molecule has 0 aliphatic carbocycles. The van der Waals surface area contributed by atoms with Crippen molar-refractivity contribution in [1.82, 2.24) is 20.1 Å². The van der Waals surface area contributed by atoms with E-state index in [2.05, 4.69) is 24.1 Å². The first-order valence-electron chi connectivity index (χ1n) is 8.77. The summed E-state index contributed by atoms with van der Waals surface area (Å²) in [5, 5.41) is 4.24. The molecule has 2 saturated heterocycles. The third-order valence-electron chi connectivity index (χ3n) is 4.71. The lowest BCUT2D eigenvalue weighted by atomic mass is 10.1. The molecule has 0 saturated carbocycles. The number of hydrogen-bond acceptors (Lipinski definition) is 5. The lowest BCUT2D eigenvalue weighted by Gasteiger charge is -2.37. The Morgan fingerprint density at radius 2 is 1.96 bits per heavy atom. The van der Waals surface area contributed by atoms with Crippen LogP contribution < -0.4 is 5.32 Å². The van der Waals surface area contributed by atoms with E-state index in [0.717, 1.165) is 43.2 Å². The van der Waals surface area contributed by atoms with Gasteiger partial charge < -0.3 is 15.1 Å². The van der Waals surface area contributed by atoms with E-state index in [1.54, 1.807) is 4.90 Å². The maximum Gasteiger partial charge on any atom is 0.266 e. The summed E-state index contributed by atoms with van der Waals surface area (Å²) in [4.78, 5) is 34.8. The summed E-state index contributed by atoms with van der Waals surface area (Å²) in [5.41, 5.74) is 0.777. The molecule has 7 heteroatoms. The largest absolute Gasteiger partial charge is 0.341 e. The van der Waals surface area contributed by atoms with Gasteiger partial charge in [-0.25, -0.2) is 4.98 Å². The number of likely N-dealkylation sites (tertiary alicyclic amines) is 1. The number of carbonyl (C=O) groups is 2. The van der Waals surface area contributed by atoms with Crippen molar-refractivity contribution in [3.8, 4) is 0 Å². The van der Waals surface area contributed by atoms with Gasteiger partial charge in [0, 0.05) is 38.6 Å². The Morgan fingerprint density at radius 1 is 1.25 bits per heavy atom. The molecule has 2 amide bonds. The summed E-state index contributed by atoms with van der Waals surface area (Å²) in [6, 6.07) is -0.395. The minimum atomic E-state index is -0.395. The van der Waals surface area contributed by atoms with E-state index < -0.39 is 6.04 Å². The smallest absolute Gasteiger partial charge is 0.266 e. The average molecular weight is 350 g/mol. The third kappa shape index (κ3) is 3.32. The minimum absolute atomic E-state index is 0.0454. The van der Waals surface area contributed by atoms with E-state index in [9.17, 15) is 9.59 Å². The van der Waals surface area contributed by atoms with Crippen LogP contribution in [0.5, 0.6) is 0 Å². The molecule has 132 valence electrons. The molecule has 0 bridgehead atoms. The van der Waals surface area contributed by atoms with E-state index in [1.807, 2.05) is 11.8 Å². The lowest BCUT2D eigenvalue weighted by Crippen LogP contribution is -2.59. The highest BCUT2D eigenvalue weighted by atomic mass is 32.1. The molecule has 3 rings (SSSR count). The van der Waals surface area contributed by atoms with E-state index in [1.165, 1.54) is 11.3 Å². The SMILES string of the molecule is Cc1nc(C(C)C)sc1C(=O)N1CCNCC1C(=O)N1CCCC1. The molecule has 3 heterocycles. The molecule has 1 unspecified atom stereocenters. The van der Waals surface area contributed by atoms with Gasteiger partial charge in [0.05, 0.1) is 10.7 Å². The second-order valence-corrected chi connectivity index (χ2v) is 7.90. The molecule has 0 radical (unpaired) electrons. The highest BCUT2D eigenvalue weighted by Crippen LogP contribution is 2.27. The number of aromatic nitrogens is 1. The molecular weight excluding hydrogens is 324 g/mol. The van der Waals surface area contributed by atoms with Crippen molar-refractivity contribution in [3.05, 3.63) is 15.6 Å². The molecular formula is C17H26N4O2S. The first-order chi connectivity index (χ1) is 11.5. The second kappa shape index (κ2) is 7.19. The predicted octanol–water partition coefficient (Wildman–Crippen LogP) is 1.61. The standard InChI is InChI=1S/C17H26N4O2S/c1-11(2)15-19-12(3)14(24-15)17(23)21-9-6-18-10-13(21)16(22)20-7-4-5-8-20/h11,13,18H,4-10H2,1-3H3. The van der Waals surface area contributed by atoms with Crippen LogP contribution in [0.1, 0.15) is 53.0 Å². The van der Waals surface area contributed by atoms with Crippen LogP contribution in [-0.2, 0) is 4.79 Å². The van der Waals surface area contributed by atoms with Gasteiger partial charge in [0.1, 0.15) is 10.9 Å². The number of piperazine rings is 1. The molecule has 0 aromatic carbocycles. The van der Waals surface area contributed by atoms with Gasteiger partial charge in [0.15, 0.2) is 0 Å². The molecule has 24 heavy (non-hydrogen) atoms. The highest BCUT2D eigenvalue weighted by Gasteiger charge is 2.37. The number of thiazole rings is 1. The molecule has 2 aliphatic heterocycles. The average Bonchev–Trinajstić information content (AvgIpc) is 3.23. The number of aryl methyl sites for hydroxylation is 1. The van der Waals surface area contributed by atoms with Crippen LogP contribution >= 0.6 is 11.3 Å². The number of nitrogens with one attached hydrogen (secondary N) is 1. The van der Waals surface area contributed by atoms with Gasteiger partial charge >= 0.3 is 0 Å². The Kier molecular flexibility index (Phi) is 5.20. The Balaban J connectivity index is 1.82. The van der Waals surface area contributed by atoms with Crippen LogP contribution in [0, 0.1) is 6.92 Å². The summed E-state index contributed by atoms with van der Waals surface area (Å²) in [6.45, 7) is 9.50. The molecule has 1 atom stereocenters. The van der Waals surface area contributed by atoms with Crippen LogP contribution in [-0.4, -0.2) is 65.4 Å². The summed E-state index contributed by atoms with van der Waals surface area (Å²) in [6.07, 6.45) is 2.12. The summed E-state index contributed by atoms with van der Waals surface area (Å²) in [7, 11) is 0. The van der Waals surface area contributed by atoms with Crippen molar-refractivity contribution in [2.24, 2.45) is 0 Å². The Labute approximate surface area is 147 Å². The van der Waals surface area contributed by atoms with Crippen molar-refractivity contribution >= 4 is 23.2 Å². The fourth-order valence-corrected chi connectivity index (χ4v) is 4.33. The second-order valence-electron chi connectivity index (χ2n) is 6.87. The lowest BCUT2D eigenvalue weighted by molar-refractivity contribution is -0.135. The number of nitrogens with zero attached hydrogens (tertiary/aromatic N) is 3. The zero-order valence-corrected chi connectivity index (χ0v) is 15.5. The van der Waals surface area contributed by atoms with Gasteiger partial charge in [-0.3, -0.25) is 9.59 Å². The Morgan fingerprint density at radius 3 is 2.58 bits per heavy atom. The maximum absolute atomic E-state index is 13.1. The van der Waals surface area contributed by atoms with Crippen LogP contribution in [0.15, 0.2) is 0 Å². The zero-order valence-electron chi connectivity index (χ0n) is 14.7. The van der Waals surface area contributed by atoms with Gasteiger partial charge in [0.25, 0.3) is 5.91 Å². The van der Waals surface area contributed by atoms with Gasteiger partial charge in [0.2, 0.25) is 5.91 Å². The Bertz CT molecular complexity index is 622. The molecule has 0 spiro atoms. The van der Waals surface area contributed by atoms with E-state index in [4.69, 9.17) is 0 Å². The number of rotatable bonds is 3. The maximum atomic E-state index is 13.1. The van der Waals surface area contributed by atoms with Crippen LogP contribution in [0.25, 0.3) is 0 Å².